The van der Waals surface area contributed by atoms with Gasteiger partial charge < -0.3 is 5.32 Å². The summed E-state index contributed by atoms with van der Waals surface area (Å²) in [6.45, 7) is 5.22. The van der Waals surface area contributed by atoms with E-state index in [-0.39, 0.29) is 11.7 Å². The van der Waals surface area contributed by atoms with Crippen molar-refractivity contribution in [3.8, 4) is 0 Å². The molecule has 3 rings (SSSR count). The monoisotopic (exact) mass is 345 g/mol. The molecule has 0 unspecified atom stereocenters. The van der Waals surface area contributed by atoms with Crippen LogP contribution in [0, 0.1) is 18.7 Å². The van der Waals surface area contributed by atoms with Gasteiger partial charge in [0.1, 0.15) is 18.5 Å². The molecule has 0 spiro atoms. The molecule has 1 N–H and O–H groups in total. The summed E-state index contributed by atoms with van der Waals surface area (Å²) in [7, 11) is 0. The number of hydrogen-bond acceptors (Lipinski definition) is 4. The second-order valence-corrected chi connectivity index (χ2v) is 6.72. The molecule has 7 heteroatoms. The van der Waals surface area contributed by atoms with E-state index in [1.165, 1.54) is 6.07 Å². The van der Waals surface area contributed by atoms with Gasteiger partial charge in [0.05, 0.1) is 6.54 Å². The summed E-state index contributed by atoms with van der Waals surface area (Å²) in [6.07, 6.45) is 5.51. The minimum atomic E-state index is -0.221. The lowest BCUT2D eigenvalue weighted by Gasteiger charge is -2.32. The number of carbonyl (C=O) groups excluding carboxylic acids is 1. The highest BCUT2D eigenvalue weighted by atomic mass is 19.1. The highest BCUT2D eigenvalue weighted by molar-refractivity contribution is 5.78. The van der Waals surface area contributed by atoms with E-state index in [1.54, 1.807) is 31.7 Å². The van der Waals surface area contributed by atoms with Crippen molar-refractivity contribution in [1.29, 1.82) is 0 Å². The number of rotatable bonds is 6. The molecule has 1 aliphatic heterocycles. The summed E-state index contributed by atoms with van der Waals surface area (Å²) < 4.78 is 15.1. The quantitative estimate of drug-likeness (QED) is 0.866. The maximum atomic E-state index is 13.3. The van der Waals surface area contributed by atoms with Crippen molar-refractivity contribution in [2.45, 2.75) is 32.9 Å². The molecule has 1 saturated heterocycles. The maximum absolute atomic E-state index is 13.3. The largest absolute Gasteiger partial charge is 0.351 e. The lowest BCUT2D eigenvalue weighted by molar-refractivity contribution is -0.122. The minimum absolute atomic E-state index is 0.00313. The number of benzene rings is 1. The third-order valence-corrected chi connectivity index (χ3v) is 4.59. The number of piperidine rings is 1. The lowest BCUT2D eigenvalue weighted by Crippen LogP contribution is -2.43. The Kier molecular flexibility index (Phi) is 5.75. The predicted molar refractivity (Wildman–Crippen MR) is 92.2 cm³/mol. The normalized spacial score (nSPS) is 18.2. The molecule has 25 heavy (non-hydrogen) atoms. The van der Waals surface area contributed by atoms with Gasteiger partial charge in [0.2, 0.25) is 5.91 Å². The first kappa shape index (κ1) is 17.5. The molecule has 0 radical (unpaired) electrons. The van der Waals surface area contributed by atoms with Gasteiger partial charge in [-0.15, -0.1) is 0 Å². The van der Waals surface area contributed by atoms with E-state index in [4.69, 9.17) is 0 Å². The van der Waals surface area contributed by atoms with Crippen LogP contribution in [0.3, 0.4) is 0 Å². The summed E-state index contributed by atoms with van der Waals surface area (Å²) >= 11 is 0. The molecule has 6 nitrogen and oxygen atoms in total. The summed E-state index contributed by atoms with van der Waals surface area (Å²) in [5.74, 6) is 0.271. The van der Waals surface area contributed by atoms with Crippen molar-refractivity contribution in [2.24, 2.45) is 5.92 Å². The molecule has 0 saturated carbocycles. The number of likely N-dealkylation sites (tertiary alicyclic amines) is 1. The topological polar surface area (TPSA) is 63.1 Å². The van der Waals surface area contributed by atoms with Gasteiger partial charge in [-0.2, -0.15) is 5.10 Å². The molecule has 1 atom stereocenters. The molecule has 1 aromatic carbocycles. The zero-order valence-corrected chi connectivity index (χ0v) is 14.5. The molecular formula is C18H24FN5O. The Hall–Kier alpha value is -2.28. The molecule has 1 fully saturated rings. The second-order valence-electron chi connectivity index (χ2n) is 6.72. The van der Waals surface area contributed by atoms with Crippen molar-refractivity contribution >= 4 is 5.91 Å². The molecule has 2 heterocycles. The third kappa shape index (κ3) is 5.09. The second kappa shape index (κ2) is 8.20. The van der Waals surface area contributed by atoms with Gasteiger partial charge in [-0.05, 0) is 49.4 Å². The fraction of sp³-hybridized carbons (Fsp3) is 0.500. The van der Waals surface area contributed by atoms with Gasteiger partial charge in [0.15, 0.2) is 0 Å². The Morgan fingerprint density at radius 1 is 1.44 bits per heavy atom. The van der Waals surface area contributed by atoms with Crippen LogP contribution in [-0.2, 0) is 17.9 Å². The first-order chi connectivity index (χ1) is 12.1. The van der Waals surface area contributed by atoms with Crippen LogP contribution in [0.2, 0.25) is 0 Å². The Labute approximate surface area is 147 Å². The van der Waals surface area contributed by atoms with Crippen LogP contribution in [-0.4, -0.2) is 45.2 Å². The van der Waals surface area contributed by atoms with E-state index in [9.17, 15) is 9.18 Å². The number of aromatic nitrogens is 3. The number of halogens is 1. The predicted octanol–water partition coefficient (Wildman–Crippen LogP) is 1.75. The van der Waals surface area contributed by atoms with Gasteiger partial charge >= 0.3 is 0 Å². The van der Waals surface area contributed by atoms with Crippen molar-refractivity contribution in [3.63, 3.8) is 0 Å². The van der Waals surface area contributed by atoms with Crippen molar-refractivity contribution in [3.05, 3.63) is 47.8 Å². The first-order valence-corrected chi connectivity index (χ1v) is 8.66. The Bertz CT molecular complexity index is 703. The van der Waals surface area contributed by atoms with Crippen LogP contribution in [0.25, 0.3) is 0 Å². The van der Waals surface area contributed by atoms with Crippen LogP contribution < -0.4 is 5.32 Å². The molecule has 1 aromatic heterocycles. The van der Waals surface area contributed by atoms with Crippen LogP contribution in [0.1, 0.15) is 24.0 Å². The van der Waals surface area contributed by atoms with E-state index in [0.717, 1.165) is 38.0 Å². The van der Waals surface area contributed by atoms with Gasteiger partial charge in [0.25, 0.3) is 0 Å². The number of nitrogens with one attached hydrogen (secondary N) is 1. The molecule has 0 bridgehead atoms. The smallest absolute Gasteiger partial charge is 0.234 e. The van der Waals surface area contributed by atoms with Crippen LogP contribution >= 0.6 is 0 Å². The SMILES string of the molecule is Cc1cc(CNC(=O)CN2CCC[C@H](Cn3cncn3)C2)ccc1F. The van der Waals surface area contributed by atoms with Crippen molar-refractivity contribution in [2.75, 3.05) is 19.6 Å². The number of hydrogen-bond donors (Lipinski definition) is 1. The summed E-state index contributed by atoms with van der Waals surface area (Å²) in [4.78, 5) is 18.4. The van der Waals surface area contributed by atoms with Gasteiger partial charge in [-0.1, -0.05) is 12.1 Å². The molecule has 1 aliphatic rings. The third-order valence-electron chi connectivity index (χ3n) is 4.59. The average molecular weight is 345 g/mol. The van der Waals surface area contributed by atoms with Crippen LogP contribution in [0.4, 0.5) is 4.39 Å². The minimum Gasteiger partial charge on any atom is -0.351 e. The lowest BCUT2D eigenvalue weighted by atomic mass is 9.98. The van der Waals surface area contributed by atoms with Gasteiger partial charge in [-0.3, -0.25) is 14.4 Å². The summed E-state index contributed by atoms with van der Waals surface area (Å²) in [6, 6.07) is 4.92. The fourth-order valence-electron chi connectivity index (χ4n) is 3.31. The molecule has 2 aromatic rings. The van der Waals surface area contributed by atoms with Crippen molar-refractivity contribution < 1.29 is 9.18 Å². The molecule has 0 aliphatic carbocycles. The molecule has 1 amide bonds. The number of aryl methyl sites for hydroxylation is 1. The highest BCUT2D eigenvalue weighted by Crippen LogP contribution is 2.17. The maximum Gasteiger partial charge on any atom is 0.234 e. The average Bonchev–Trinajstić information content (AvgIpc) is 3.09. The van der Waals surface area contributed by atoms with Gasteiger partial charge in [0, 0.05) is 19.6 Å². The summed E-state index contributed by atoms with van der Waals surface area (Å²) in [5.41, 5.74) is 1.51. The Morgan fingerprint density at radius 2 is 2.32 bits per heavy atom. The van der Waals surface area contributed by atoms with E-state index in [2.05, 4.69) is 20.3 Å². The van der Waals surface area contributed by atoms with Crippen LogP contribution in [0.5, 0.6) is 0 Å². The van der Waals surface area contributed by atoms with E-state index in [1.807, 2.05) is 4.68 Å². The van der Waals surface area contributed by atoms with E-state index >= 15 is 0 Å². The number of amides is 1. The Morgan fingerprint density at radius 3 is 3.08 bits per heavy atom. The number of carbonyl (C=O) groups is 1. The van der Waals surface area contributed by atoms with E-state index in [0.29, 0.717) is 24.6 Å². The van der Waals surface area contributed by atoms with Crippen LogP contribution in [0.15, 0.2) is 30.9 Å². The zero-order chi connectivity index (χ0) is 17.6. The standard InChI is InChI=1S/C18H24FN5O/c1-14-7-15(4-5-17(14)19)8-21-18(25)11-23-6-2-3-16(9-23)10-24-13-20-12-22-24/h4-5,7,12-13,16H,2-3,6,8-11H2,1H3,(H,21,25)/t16-/m0/s1. The number of nitrogens with zero attached hydrogens (tertiary/aromatic N) is 4. The molecule has 134 valence electrons. The van der Waals surface area contributed by atoms with Crippen molar-refractivity contribution in [1.82, 2.24) is 25.0 Å². The van der Waals surface area contributed by atoms with E-state index < -0.39 is 0 Å². The Balaban J connectivity index is 1.44. The highest BCUT2D eigenvalue weighted by Gasteiger charge is 2.22. The zero-order valence-electron chi connectivity index (χ0n) is 14.5. The molecular weight excluding hydrogens is 321 g/mol. The van der Waals surface area contributed by atoms with Gasteiger partial charge in [-0.25, -0.2) is 9.37 Å². The first-order valence-electron chi connectivity index (χ1n) is 8.66. The fourth-order valence-corrected chi connectivity index (χ4v) is 3.31. The summed E-state index contributed by atoms with van der Waals surface area (Å²) in [5, 5.41) is 7.08.